The Kier molecular flexibility index (Phi) is 7.29. The van der Waals surface area contributed by atoms with Crippen LogP contribution in [0.15, 0.2) is 18.2 Å². The molecule has 0 fully saturated rings. The van der Waals surface area contributed by atoms with Gasteiger partial charge in [-0.15, -0.1) is 0 Å². The van der Waals surface area contributed by atoms with Crippen LogP contribution in [0.2, 0.25) is 0 Å². The Hall–Kier alpha value is -2.04. The van der Waals surface area contributed by atoms with Crippen molar-refractivity contribution in [2.75, 3.05) is 13.2 Å². The number of unbranched alkanes of at least 4 members (excludes halogenated alkanes) is 2. The molecule has 0 aliphatic heterocycles. The molecule has 0 aliphatic carbocycles. The molecule has 21 heavy (non-hydrogen) atoms. The van der Waals surface area contributed by atoms with Gasteiger partial charge in [-0.1, -0.05) is 25.8 Å². The predicted molar refractivity (Wildman–Crippen MR) is 79.0 cm³/mol. The topological polar surface area (TPSA) is 72.8 Å². The van der Waals surface area contributed by atoms with Gasteiger partial charge in [-0.2, -0.15) is 0 Å². The van der Waals surface area contributed by atoms with Crippen LogP contribution in [0.1, 0.15) is 38.7 Å². The minimum atomic E-state index is -1.42. The van der Waals surface area contributed by atoms with Crippen LogP contribution < -0.4 is 9.47 Å². The van der Waals surface area contributed by atoms with Crippen LogP contribution in [0, 0.1) is 0 Å². The third-order valence-corrected chi connectivity index (χ3v) is 2.92. The molecular formula is C16H22O5. The van der Waals surface area contributed by atoms with E-state index in [2.05, 4.69) is 6.92 Å². The maximum Gasteiger partial charge on any atom is 0.372 e. The maximum atomic E-state index is 11.2. The molecule has 1 aromatic rings. The van der Waals surface area contributed by atoms with Gasteiger partial charge in [0.05, 0.1) is 13.2 Å². The first kappa shape index (κ1) is 17.0. The van der Waals surface area contributed by atoms with Crippen molar-refractivity contribution in [3.05, 3.63) is 23.8 Å². The molecule has 0 aliphatic rings. The largest absolute Gasteiger partial charge is 0.490 e. The van der Waals surface area contributed by atoms with Crippen molar-refractivity contribution in [1.82, 2.24) is 0 Å². The van der Waals surface area contributed by atoms with Gasteiger partial charge in [-0.25, -0.2) is 4.79 Å². The number of carbonyl (C=O) groups is 2. The summed E-state index contributed by atoms with van der Waals surface area (Å²) in [6.45, 7) is 5.07. The van der Waals surface area contributed by atoms with Crippen LogP contribution in [-0.2, 0) is 16.0 Å². The number of hydrogen-bond donors (Lipinski definition) is 1. The van der Waals surface area contributed by atoms with Gasteiger partial charge in [0.1, 0.15) is 0 Å². The van der Waals surface area contributed by atoms with Crippen LogP contribution in [-0.4, -0.2) is 30.1 Å². The highest BCUT2D eigenvalue weighted by Crippen LogP contribution is 2.29. The normalized spacial score (nSPS) is 10.2. The molecule has 0 bridgehead atoms. The van der Waals surface area contributed by atoms with E-state index in [0.29, 0.717) is 30.3 Å². The smallest absolute Gasteiger partial charge is 0.372 e. The van der Waals surface area contributed by atoms with E-state index in [0.717, 1.165) is 19.3 Å². The van der Waals surface area contributed by atoms with Crippen molar-refractivity contribution in [2.24, 2.45) is 0 Å². The molecule has 0 aromatic heterocycles. The van der Waals surface area contributed by atoms with E-state index in [1.54, 1.807) is 18.2 Å². The lowest BCUT2D eigenvalue weighted by Gasteiger charge is -2.13. The highest BCUT2D eigenvalue weighted by atomic mass is 16.5. The molecule has 0 radical (unpaired) electrons. The molecule has 0 atom stereocenters. The van der Waals surface area contributed by atoms with Crippen molar-refractivity contribution in [3.8, 4) is 11.5 Å². The number of carboxylic acids is 1. The molecule has 1 N–H and O–H groups in total. The second-order valence-corrected chi connectivity index (χ2v) is 4.67. The fourth-order valence-corrected chi connectivity index (χ4v) is 1.85. The molecule has 5 heteroatoms. The molecule has 1 aromatic carbocycles. The predicted octanol–water partition coefficient (Wildman–Crippen LogP) is 2.85. The van der Waals surface area contributed by atoms with Crippen LogP contribution in [0.4, 0.5) is 0 Å². The van der Waals surface area contributed by atoms with Gasteiger partial charge in [0, 0.05) is 6.42 Å². The van der Waals surface area contributed by atoms with Crippen LogP contribution in [0.25, 0.3) is 0 Å². The Balaban J connectivity index is 2.75. The third-order valence-electron chi connectivity index (χ3n) is 2.92. The summed E-state index contributed by atoms with van der Waals surface area (Å²) < 4.78 is 11.2. The summed E-state index contributed by atoms with van der Waals surface area (Å²) in [5.74, 6) is -1.09. The molecule has 1 rings (SSSR count). The zero-order valence-electron chi connectivity index (χ0n) is 12.6. The van der Waals surface area contributed by atoms with E-state index in [-0.39, 0.29) is 6.42 Å². The van der Waals surface area contributed by atoms with E-state index in [9.17, 15) is 9.59 Å². The molecule has 0 spiro atoms. The highest BCUT2D eigenvalue weighted by molar-refractivity contribution is 6.33. The monoisotopic (exact) mass is 294 g/mol. The van der Waals surface area contributed by atoms with Crippen molar-refractivity contribution in [2.45, 2.75) is 39.5 Å². The van der Waals surface area contributed by atoms with E-state index in [4.69, 9.17) is 14.6 Å². The number of ether oxygens (including phenoxy) is 2. The molecule has 116 valence electrons. The second kappa shape index (κ2) is 9.00. The summed E-state index contributed by atoms with van der Waals surface area (Å²) in [7, 11) is 0. The lowest BCUT2D eigenvalue weighted by molar-refractivity contribution is -0.148. The maximum absolute atomic E-state index is 11.2. The fraction of sp³-hybridized carbons (Fsp3) is 0.500. The van der Waals surface area contributed by atoms with E-state index >= 15 is 0 Å². The number of carboxylic acid groups (broad SMARTS) is 1. The third kappa shape index (κ3) is 5.85. The average molecular weight is 294 g/mol. The van der Waals surface area contributed by atoms with Gasteiger partial charge < -0.3 is 14.6 Å². The van der Waals surface area contributed by atoms with Gasteiger partial charge in [0.25, 0.3) is 0 Å². The molecule has 0 saturated carbocycles. The summed E-state index contributed by atoms with van der Waals surface area (Å²) >= 11 is 0. The standard InChI is InChI=1S/C16H22O5/c1-3-5-6-9-21-14-8-7-12(10-13(17)16(18)19)11-15(14)20-4-2/h7-8,11H,3-6,9-10H2,1-2H3,(H,18,19). The van der Waals surface area contributed by atoms with Gasteiger partial charge in [0.2, 0.25) is 5.78 Å². The first-order valence-electron chi connectivity index (χ1n) is 7.23. The number of hydrogen-bond acceptors (Lipinski definition) is 4. The first-order valence-corrected chi connectivity index (χ1v) is 7.23. The van der Waals surface area contributed by atoms with Crippen molar-refractivity contribution in [3.63, 3.8) is 0 Å². The van der Waals surface area contributed by atoms with Crippen molar-refractivity contribution >= 4 is 11.8 Å². The molecule has 5 nitrogen and oxygen atoms in total. The Labute approximate surface area is 124 Å². The summed E-state index contributed by atoms with van der Waals surface area (Å²) in [6.07, 6.45) is 3.06. The van der Waals surface area contributed by atoms with Crippen LogP contribution >= 0.6 is 0 Å². The Bertz CT molecular complexity index is 482. The van der Waals surface area contributed by atoms with Crippen LogP contribution in [0.5, 0.6) is 11.5 Å². The number of Topliss-reactive ketones (excluding diaryl/α,β-unsaturated/α-hetero) is 1. The average Bonchev–Trinajstić information content (AvgIpc) is 2.45. The summed E-state index contributed by atoms with van der Waals surface area (Å²) in [5, 5.41) is 8.63. The molecule has 0 saturated heterocycles. The van der Waals surface area contributed by atoms with Gasteiger partial charge in [-0.3, -0.25) is 4.79 Å². The molecule has 0 amide bonds. The number of carbonyl (C=O) groups excluding carboxylic acids is 1. The van der Waals surface area contributed by atoms with Gasteiger partial charge in [0.15, 0.2) is 11.5 Å². The lowest BCUT2D eigenvalue weighted by atomic mass is 10.1. The summed E-state index contributed by atoms with van der Waals surface area (Å²) in [4.78, 5) is 21.8. The minimum absolute atomic E-state index is 0.147. The summed E-state index contributed by atoms with van der Waals surface area (Å²) in [6, 6.07) is 5.08. The second-order valence-electron chi connectivity index (χ2n) is 4.67. The fourth-order valence-electron chi connectivity index (χ4n) is 1.85. The zero-order chi connectivity index (χ0) is 15.7. The molecule has 0 unspecified atom stereocenters. The van der Waals surface area contributed by atoms with E-state index < -0.39 is 11.8 Å². The number of rotatable bonds is 10. The van der Waals surface area contributed by atoms with E-state index in [1.807, 2.05) is 6.92 Å². The highest BCUT2D eigenvalue weighted by Gasteiger charge is 2.14. The molecule has 0 heterocycles. The van der Waals surface area contributed by atoms with Crippen molar-refractivity contribution in [1.29, 1.82) is 0 Å². The Morgan fingerprint density at radius 1 is 1.10 bits per heavy atom. The summed E-state index contributed by atoms with van der Waals surface area (Å²) in [5.41, 5.74) is 0.603. The number of benzene rings is 1. The van der Waals surface area contributed by atoms with Crippen LogP contribution in [0.3, 0.4) is 0 Å². The number of aliphatic carboxylic acids is 1. The lowest BCUT2D eigenvalue weighted by Crippen LogP contribution is -2.15. The Morgan fingerprint density at radius 3 is 2.48 bits per heavy atom. The molecular weight excluding hydrogens is 272 g/mol. The Morgan fingerprint density at radius 2 is 1.86 bits per heavy atom. The van der Waals surface area contributed by atoms with E-state index in [1.165, 1.54) is 0 Å². The zero-order valence-corrected chi connectivity index (χ0v) is 12.6. The van der Waals surface area contributed by atoms with Gasteiger partial charge in [-0.05, 0) is 31.0 Å². The van der Waals surface area contributed by atoms with Gasteiger partial charge >= 0.3 is 5.97 Å². The quantitative estimate of drug-likeness (QED) is 0.530. The van der Waals surface area contributed by atoms with Crippen molar-refractivity contribution < 1.29 is 24.2 Å². The SMILES string of the molecule is CCCCCOc1ccc(CC(=O)C(=O)O)cc1OCC. The number of ketones is 1. The minimum Gasteiger partial charge on any atom is -0.490 e. The first-order chi connectivity index (χ1) is 10.1.